The van der Waals surface area contributed by atoms with Gasteiger partial charge in [-0.2, -0.15) is 22.0 Å². The second kappa shape index (κ2) is 9.74. The molecule has 15 heteroatoms. The maximum atomic E-state index is 13.1. The molecule has 0 spiro atoms. The number of nitrogens with one attached hydrogen (secondary N) is 1. The fourth-order valence-corrected chi connectivity index (χ4v) is 2.14. The van der Waals surface area contributed by atoms with Gasteiger partial charge in [0.15, 0.2) is 12.4 Å². The highest BCUT2D eigenvalue weighted by Gasteiger charge is 2.58. The van der Waals surface area contributed by atoms with Crippen molar-refractivity contribution in [1.82, 2.24) is 5.32 Å². The lowest BCUT2D eigenvalue weighted by Crippen LogP contribution is -2.59. The number of carbonyl (C=O) groups excluding carboxylic acids is 3. The molecular weight excluding hydrogens is 455 g/mol. The Bertz CT molecular complexity index is 905. The molecule has 0 aliphatic carbocycles. The highest BCUT2D eigenvalue weighted by atomic mass is 19.4. The fourth-order valence-electron chi connectivity index (χ4n) is 2.14. The van der Waals surface area contributed by atoms with Crippen LogP contribution in [0, 0.1) is 10.1 Å². The highest BCUT2D eigenvalue weighted by molar-refractivity contribution is 6.09. The van der Waals surface area contributed by atoms with E-state index in [0.717, 1.165) is 20.1 Å². The molecule has 1 unspecified atom stereocenters. The molecule has 32 heavy (non-hydrogen) atoms. The van der Waals surface area contributed by atoms with E-state index in [4.69, 9.17) is 4.74 Å². The van der Waals surface area contributed by atoms with Crippen LogP contribution in [-0.4, -0.2) is 60.7 Å². The van der Waals surface area contributed by atoms with E-state index in [1.165, 1.54) is 6.92 Å². The molecule has 1 atom stereocenters. The first-order chi connectivity index (χ1) is 14.6. The number of carbonyl (C=O) groups is 3. The average Bonchev–Trinajstić information content (AvgIpc) is 2.70. The summed E-state index contributed by atoms with van der Waals surface area (Å²) in [5.74, 6) is -10.1. The minimum atomic E-state index is -5.99. The molecule has 178 valence electrons. The van der Waals surface area contributed by atoms with E-state index in [0.29, 0.717) is 12.1 Å². The second-order valence-electron chi connectivity index (χ2n) is 6.22. The smallest absolute Gasteiger partial charge is 0.456 e. The van der Waals surface area contributed by atoms with Gasteiger partial charge in [0.2, 0.25) is 5.54 Å². The van der Waals surface area contributed by atoms with Crippen LogP contribution < -0.4 is 10.1 Å². The van der Waals surface area contributed by atoms with Gasteiger partial charge in [-0.05, 0) is 19.9 Å². The minimum absolute atomic E-state index is 0.176. The normalized spacial score (nSPS) is 13.5. The summed E-state index contributed by atoms with van der Waals surface area (Å²) >= 11 is 0. The van der Waals surface area contributed by atoms with Crippen LogP contribution in [0.3, 0.4) is 0 Å². The molecule has 1 amide bonds. The fraction of sp³-hybridized carbons (Fsp3) is 0.471. The molecular formula is C17H17F5N2O8. The predicted molar refractivity (Wildman–Crippen MR) is 94.1 cm³/mol. The number of rotatable bonds is 9. The molecule has 1 aromatic carbocycles. The van der Waals surface area contributed by atoms with Crippen molar-refractivity contribution in [1.29, 1.82) is 0 Å². The number of methoxy groups -OCH3 is 1. The Morgan fingerprint density at radius 3 is 2.19 bits per heavy atom. The summed E-state index contributed by atoms with van der Waals surface area (Å²) in [6.45, 7) is -0.134. The number of nitro groups is 1. The SMILES string of the molecule is CCOC(=O)C(C)(NC(=O)c1ccc([N+](=O)[O-])c(OCC(F)(F)C(F)(F)F)c1)C(=O)OC. The molecule has 0 heterocycles. The molecule has 0 radical (unpaired) electrons. The summed E-state index contributed by atoms with van der Waals surface area (Å²) in [6, 6.07) is 1.91. The number of halogens is 5. The number of alkyl halides is 5. The number of amides is 1. The van der Waals surface area contributed by atoms with E-state index in [1.807, 2.05) is 5.32 Å². The second-order valence-corrected chi connectivity index (χ2v) is 6.22. The van der Waals surface area contributed by atoms with Gasteiger partial charge in [0, 0.05) is 17.7 Å². The Kier molecular flexibility index (Phi) is 8.07. The quantitative estimate of drug-likeness (QED) is 0.190. The third-order valence-corrected chi connectivity index (χ3v) is 3.88. The van der Waals surface area contributed by atoms with Crippen LogP contribution in [0.4, 0.5) is 27.6 Å². The molecule has 1 rings (SSSR count). The van der Waals surface area contributed by atoms with Gasteiger partial charge in [0.05, 0.1) is 18.6 Å². The Labute approximate surface area is 176 Å². The van der Waals surface area contributed by atoms with Crippen LogP contribution in [0.15, 0.2) is 18.2 Å². The lowest BCUT2D eigenvalue weighted by atomic mass is 10.0. The van der Waals surface area contributed by atoms with Crippen molar-refractivity contribution < 1.29 is 55.5 Å². The van der Waals surface area contributed by atoms with Gasteiger partial charge >= 0.3 is 29.7 Å². The minimum Gasteiger partial charge on any atom is -0.480 e. The van der Waals surface area contributed by atoms with Gasteiger partial charge in [0.25, 0.3) is 5.91 Å². The van der Waals surface area contributed by atoms with Crippen LogP contribution in [0.2, 0.25) is 0 Å². The third kappa shape index (κ3) is 5.79. The first-order valence-corrected chi connectivity index (χ1v) is 8.54. The molecule has 0 aliphatic heterocycles. The number of nitro benzene ring substituents is 1. The van der Waals surface area contributed by atoms with E-state index in [9.17, 15) is 46.5 Å². The summed E-state index contributed by atoms with van der Waals surface area (Å²) in [4.78, 5) is 46.5. The first kappa shape index (κ1) is 26.5. The standard InChI is InChI=1S/C17H17F5N2O8/c1-4-31-14(27)15(2,13(26)30-3)23-12(25)9-5-6-10(24(28)29)11(7-9)32-8-16(18,19)17(20,21)22/h5-7H,4,8H2,1-3H3,(H,23,25). The van der Waals surface area contributed by atoms with E-state index >= 15 is 0 Å². The number of esters is 2. The topological polar surface area (TPSA) is 134 Å². The van der Waals surface area contributed by atoms with Crippen molar-refractivity contribution >= 4 is 23.5 Å². The number of hydrogen-bond donors (Lipinski definition) is 1. The third-order valence-electron chi connectivity index (χ3n) is 3.88. The number of nitrogens with zero attached hydrogens (tertiary/aromatic N) is 1. The van der Waals surface area contributed by atoms with Crippen molar-refractivity contribution in [3.8, 4) is 5.75 Å². The maximum Gasteiger partial charge on any atom is 0.456 e. The molecule has 10 nitrogen and oxygen atoms in total. The van der Waals surface area contributed by atoms with Gasteiger partial charge in [-0.25, -0.2) is 9.59 Å². The van der Waals surface area contributed by atoms with Crippen LogP contribution in [0.1, 0.15) is 24.2 Å². The summed E-state index contributed by atoms with van der Waals surface area (Å²) in [7, 11) is 0.907. The van der Waals surface area contributed by atoms with Gasteiger partial charge in [-0.15, -0.1) is 0 Å². The molecule has 1 N–H and O–H groups in total. The molecule has 0 saturated carbocycles. The van der Waals surface area contributed by atoms with Gasteiger partial charge in [0.1, 0.15) is 0 Å². The van der Waals surface area contributed by atoms with Gasteiger partial charge < -0.3 is 19.5 Å². The van der Waals surface area contributed by atoms with Crippen LogP contribution in [0.25, 0.3) is 0 Å². The Balaban J connectivity index is 3.29. The Morgan fingerprint density at radius 1 is 1.12 bits per heavy atom. The van der Waals surface area contributed by atoms with E-state index in [1.54, 1.807) is 0 Å². The van der Waals surface area contributed by atoms with Crippen LogP contribution in [0.5, 0.6) is 5.75 Å². The predicted octanol–water partition coefficient (Wildman–Crippen LogP) is 2.40. The van der Waals surface area contributed by atoms with Crippen molar-refractivity contribution in [3.05, 3.63) is 33.9 Å². The van der Waals surface area contributed by atoms with Crippen LogP contribution >= 0.6 is 0 Å². The van der Waals surface area contributed by atoms with Crippen molar-refractivity contribution in [2.75, 3.05) is 20.3 Å². The molecule has 0 aromatic heterocycles. The van der Waals surface area contributed by atoms with Gasteiger partial charge in [-0.1, -0.05) is 0 Å². The van der Waals surface area contributed by atoms with E-state index in [-0.39, 0.29) is 6.61 Å². The summed E-state index contributed by atoms with van der Waals surface area (Å²) in [5.41, 5.74) is -3.95. The first-order valence-electron chi connectivity index (χ1n) is 8.54. The average molecular weight is 472 g/mol. The van der Waals surface area contributed by atoms with Crippen molar-refractivity contribution in [2.45, 2.75) is 31.5 Å². The molecule has 0 saturated heterocycles. The van der Waals surface area contributed by atoms with Crippen LogP contribution in [-0.2, 0) is 19.1 Å². The lowest BCUT2D eigenvalue weighted by molar-refractivity contribution is -0.386. The maximum absolute atomic E-state index is 13.1. The Hall–Kier alpha value is -3.52. The number of benzene rings is 1. The lowest BCUT2D eigenvalue weighted by Gasteiger charge is -2.25. The molecule has 0 bridgehead atoms. The summed E-state index contributed by atoms with van der Waals surface area (Å²) in [5, 5.41) is 13.0. The summed E-state index contributed by atoms with van der Waals surface area (Å²) < 4.78 is 76.6. The van der Waals surface area contributed by atoms with E-state index < -0.39 is 64.0 Å². The summed E-state index contributed by atoms with van der Waals surface area (Å²) in [6.07, 6.45) is -5.99. The van der Waals surface area contributed by atoms with Crippen molar-refractivity contribution in [3.63, 3.8) is 0 Å². The molecule has 1 aromatic rings. The molecule has 0 fully saturated rings. The van der Waals surface area contributed by atoms with Gasteiger partial charge in [-0.3, -0.25) is 14.9 Å². The zero-order chi connectivity index (χ0) is 24.9. The molecule has 0 aliphatic rings. The van der Waals surface area contributed by atoms with Crippen molar-refractivity contribution in [2.24, 2.45) is 0 Å². The van der Waals surface area contributed by atoms with E-state index in [2.05, 4.69) is 9.47 Å². The largest absolute Gasteiger partial charge is 0.480 e. The monoisotopic (exact) mass is 472 g/mol. The zero-order valence-electron chi connectivity index (χ0n) is 16.7. The Morgan fingerprint density at radius 2 is 1.72 bits per heavy atom. The number of hydrogen-bond acceptors (Lipinski definition) is 8. The zero-order valence-corrected chi connectivity index (χ0v) is 16.7. The number of ether oxygens (including phenoxy) is 3. The highest BCUT2D eigenvalue weighted by Crippen LogP contribution is 2.37.